The molecule has 100 valence electrons. The first-order chi connectivity index (χ1) is 9.59. The van der Waals surface area contributed by atoms with Crippen molar-refractivity contribution >= 4 is 18.6 Å². The molecule has 20 heavy (non-hydrogen) atoms. The number of hydrogen-bond donors (Lipinski definition) is 1. The van der Waals surface area contributed by atoms with E-state index in [9.17, 15) is 5.26 Å². The van der Waals surface area contributed by atoms with Gasteiger partial charge in [0.1, 0.15) is 23.1 Å². The molecule has 1 aliphatic carbocycles. The monoisotopic (exact) mass is 265 g/mol. The fourth-order valence-corrected chi connectivity index (χ4v) is 2.30. The van der Waals surface area contributed by atoms with Crippen LogP contribution in [-0.2, 0) is 5.54 Å². The standard InChI is InChI=1S/C14H16BN5/c1-14(5-6-14)20-13(17)10(7-16)12(19-20)11-4-3-9(15-2)8-18-11/h3-4,8,15H,5-6,17H2,1-2H3. The summed E-state index contributed by atoms with van der Waals surface area (Å²) in [5.41, 5.74) is 8.93. The lowest BCUT2D eigenvalue weighted by Crippen LogP contribution is -2.16. The molecule has 0 aliphatic heterocycles. The number of aromatic nitrogens is 3. The molecule has 0 bridgehead atoms. The Balaban J connectivity index is 2.11. The van der Waals surface area contributed by atoms with E-state index in [1.165, 1.54) is 0 Å². The highest BCUT2D eigenvalue weighted by Gasteiger charge is 2.42. The largest absolute Gasteiger partial charge is 0.383 e. The molecule has 0 radical (unpaired) electrons. The number of hydrogen-bond acceptors (Lipinski definition) is 4. The number of nitrogen functional groups attached to an aromatic ring is 1. The van der Waals surface area contributed by atoms with Gasteiger partial charge in [0.2, 0.25) is 0 Å². The molecule has 0 amide bonds. The molecular formula is C14H16BN5. The third-order valence-electron chi connectivity index (χ3n) is 3.99. The van der Waals surface area contributed by atoms with Crippen LogP contribution < -0.4 is 11.2 Å². The summed E-state index contributed by atoms with van der Waals surface area (Å²) in [5, 5.41) is 13.9. The van der Waals surface area contributed by atoms with Gasteiger partial charge in [0, 0.05) is 6.20 Å². The van der Waals surface area contributed by atoms with Crippen LogP contribution >= 0.6 is 0 Å². The molecule has 0 atom stereocenters. The van der Waals surface area contributed by atoms with Crippen LogP contribution in [0.1, 0.15) is 25.3 Å². The Morgan fingerprint density at radius 2 is 2.20 bits per heavy atom. The minimum atomic E-state index is -0.0305. The molecule has 0 saturated heterocycles. The first-order valence-electron chi connectivity index (χ1n) is 6.83. The molecule has 2 aromatic heterocycles. The van der Waals surface area contributed by atoms with Crippen molar-refractivity contribution < 1.29 is 0 Å². The van der Waals surface area contributed by atoms with Gasteiger partial charge in [-0.15, -0.1) is 0 Å². The summed E-state index contributed by atoms with van der Waals surface area (Å²) in [6.45, 7) is 4.19. The Morgan fingerprint density at radius 3 is 2.70 bits per heavy atom. The Morgan fingerprint density at radius 1 is 1.45 bits per heavy atom. The Bertz CT molecular complexity index is 692. The van der Waals surface area contributed by atoms with Crippen LogP contribution in [0.25, 0.3) is 11.4 Å². The maximum Gasteiger partial charge on any atom is 0.156 e. The molecule has 5 nitrogen and oxygen atoms in total. The first kappa shape index (κ1) is 12.7. The lowest BCUT2D eigenvalue weighted by Gasteiger charge is -2.10. The van der Waals surface area contributed by atoms with E-state index in [4.69, 9.17) is 5.73 Å². The van der Waals surface area contributed by atoms with Crippen molar-refractivity contribution in [2.45, 2.75) is 32.1 Å². The van der Waals surface area contributed by atoms with Gasteiger partial charge in [-0.3, -0.25) is 4.98 Å². The molecule has 2 aromatic rings. The lowest BCUT2D eigenvalue weighted by molar-refractivity contribution is 0.481. The summed E-state index contributed by atoms with van der Waals surface area (Å²) in [6.07, 6.45) is 3.92. The van der Waals surface area contributed by atoms with E-state index in [0.717, 1.165) is 25.6 Å². The molecule has 3 rings (SSSR count). The average molecular weight is 265 g/mol. The highest BCUT2D eigenvalue weighted by atomic mass is 15.4. The minimum Gasteiger partial charge on any atom is -0.383 e. The second-order valence-electron chi connectivity index (χ2n) is 5.53. The summed E-state index contributed by atoms with van der Waals surface area (Å²) in [6, 6.07) is 6.08. The number of nitriles is 1. The van der Waals surface area contributed by atoms with Gasteiger partial charge in [-0.05, 0) is 25.8 Å². The highest BCUT2D eigenvalue weighted by Crippen LogP contribution is 2.45. The van der Waals surface area contributed by atoms with Crippen LogP contribution in [0.3, 0.4) is 0 Å². The Labute approximate surface area is 118 Å². The van der Waals surface area contributed by atoms with Crippen LogP contribution in [0.5, 0.6) is 0 Å². The van der Waals surface area contributed by atoms with Crippen molar-refractivity contribution in [2.24, 2.45) is 0 Å². The zero-order valence-corrected chi connectivity index (χ0v) is 11.7. The molecule has 2 N–H and O–H groups in total. The van der Waals surface area contributed by atoms with Gasteiger partial charge in [-0.25, -0.2) is 4.68 Å². The second-order valence-corrected chi connectivity index (χ2v) is 5.53. The maximum atomic E-state index is 9.35. The maximum absolute atomic E-state index is 9.35. The molecule has 1 fully saturated rings. The fourth-order valence-electron chi connectivity index (χ4n) is 2.30. The van der Waals surface area contributed by atoms with E-state index in [-0.39, 0.29) is 5.54 Å². The molecular weight excluding hydrogens is 249 g/mol. The van der Waals surface area contributed by atoms with E-state index in [0.29, 0.717) is 22.8 Å². The molecule has 0 aromatic carbocycles. The average Bonchev–Trinajstić information content (AvgIpc) is 3.12. The minimum absolute atomic E-state index is 0.0305. The van der Waals surface area contributed by atoms with Crippen LogP contribution in [0.2, 0.25) is 6.82 Å². The first-order valence-corrected chi connectivity index (χ1v) is 6.83. The summed E-state index contributed by atoms with van der Waals surface area (Å²) in [4.78, 5) is 4.40. The summed E-state index contributed by atoms with van der Waals surface area (Å²) in [5.74, 6) is 0.448. The zero-order valence-electron chi connectivity index (χ0n) is 11.7. The smallest absolute Gasteiger partial charge is 0.156 e. The Hall–Kier alpha value is -2.29. The third-order valence-corrected chi connectivity index (χ3v) is 3.99. The van der Waals surface area contributed by atoms with Crippen LogP contribution in [0.4, 0.5) is 5.82 Å². The van der Waals surface area contributed by atoms with Gasteiger partial charge in [-0.1, -0.05) is 18.4 Å². The lowest BCUT2D eigenvalue weighted by atomic mass is 9.74. The predicted molar refractivity (Wildman–Crippen MR) is 80.1 cm³/mol. The Kier molecular flexibility index (Phi) is 2.79. The van der Waals surface area contributed by atoms with Crippen molar-refractivity contribution in [3.05, 3.63) is 23.9 Å². The van der Waals surface area contributed by atoms with E-state index < -0.39 is 0 Å². The van der Waals surface area contributed by atoms with Crippen molar-refractivity contribution in [1.29, 1.82) is 5.26 Å². The molecule has 1 saturated carbocycles. The van der Waals surface area contributed by atoms with Crippen molar-refractivity contribution in [1.82, 2.24) is 14.8 Å². The summed E-state index contributed by atoms with van der Waals surface area (Å²) >= 11 is 0. The highest BCUT2D eigenvalue weighted by molar-refractivity contribution is 6.51. The zero-order chi connectivity index (χ0) is 14.3. The van der Waals surface area contributed by atoms with Gasteiger partial charge in [-0.2, -0.15) is 10.4 Å². The fraction of sp³-hybridized carbons (Fsp3) is 0.357. The number of pyridine rings is 1. The second kappa shape index (κ2) is 4.38. The van der Waals surface area contributed by atoms with Gasteiger partial charge in [0.25, 0.3) is 0 Å². The number of rotatable bonds is 3. The molecule has 0 spiro atoms. The van der Waals surface area contributed by atoms with Gasteiger partial charge >= 0.3 is 0 Å². The predicted octanol–water partition coefficient (Wildman–Crippen LogP) is 1.02. The van der Waals surface area contributed by atoms with Gasteiger partial charge in [0.05, 0.1) is 11.2 Å². The van der Waals surface area contributed by atoms with E-state index in [1.807, 2.05) is 18.3 Å². The molecule has 6 heteroatoms. The van der Waals surface area contributed by atoms with E-state index in [2.05, 4.69) is 29.9 Å². The number of nitrogens with zero attached hydrogens (tertiary/aromatic N) is 4. The number of anilines is 1. The molecule has 0 unspecified atom stereocenters. The van der Waals surface area contributed by atoms with Crippen LogP contribution in [-0.4, -0.2) is 22.0 Å². The topological polar surface area (TPSA) is 80.5 Å². The van der Waals surface area contributed by atoms with Crippen molar-refractivity contribution in [3.8, 4) is 17.5 Å². The third kappa shape index (κ3) is 1.86. The van der Waals surface area contributed by atoms with Crippen LogP contribution in [0, 0.1) is 11.3 Å². The van der Waals surface area contributed by atoms with Crippen LogP contribution in [0.15, 0.2) is 18.3 Å². The van der Waals surface area contributed by atoms with Crippen molar-refractivity contribution in [2.75, 3.05) is 5.73 Å². The van der Waals surface area contributed by atoms with Gasteiger partial charge < -0.3 is 5.73 Å². The van der Waals surface area contributed by atoms with E-state index >= 15 is 0 Å². The summed E-state index contributed by atoms with van der Waals surface area (Å²) in [7, 11) is 0.938. The van der Waals surface area contributed by atoms with E-state index in [1.54, 1.807) is 4.68 Å². The quantitative estimate of drug-likeness (QED) is 0.840. The SMILES string of the molecule is CBc1ccc(-c2nn(C3(C)CC3)c(N)c2C#N)nc1. The normalized spacial score (nSPS) is 15.7. The van der Waals surface area contributed by atoms with Crippen molar-refractivity contribution in [3.63, 3.8) is 0 Å². The molecule has 2 heterocycles. The number of nitrogens with two attached hydrogens (primary N) is 1. The van der Waals surface area contributed by atoms with Gasteiger partial charge in [0.15, 0.2) is 7.28 Å². The summed E-state index contributed by atoms with van der Waals surface area (Å²) < 4.78 is 1.79. The molecule has 1 aliphatic rings.